The average Bonchev–Trinajstić information content (AvgIpc) is 2.44. The number of amides is 1. The van der Waals surface area contributed by atoms with Crippen LogP contribution in [0.25, 0.3) is 0 Å². The second kappa shape index (κ2) is 9.33. The largest absolute Gasteiger partial charge is 0.444 e. The van der Waals surface area contributed by atoms with Crippen molar-refractivity contribution in [3.8, 4) is 0 Å². The van der Waals surface area contributed by atoms with E-state index in [0.717, 1.165) is 45.6 Å². The van der Waals surface area contributed by atoms with Crippen LogP contribution < -0.4 is 5.32 Å². The Morgan fingerprint density at radius 2 is 1.95 bits per heavy atom. The number of rotatable bonds is 7. The number of piperidine rings is 1. The molecule has 130 valence electrons. The first-order valence-corrected chi connectivity index (χ1v) is 8.20. The predicted molar refractivity (Wildman–Crippen MR) is 88.2 cm³/mol. The molecule has 0 bridgehead atoms. The van der Waals surface area contributed by atoms with Crippen LogP contribution in [0.2, 0.25) is 0 Å². The first kappa shape index (κ1) is 19.2. The van der Waals surface area contributed by atoms with Gasteiger partial charge >= 0.3 is 6.09 Å². The molecular formula is C16H33N3O3. The number of nitrogens with zero attached hydrogens (tertiary/aromatic N) is 2. The number of ether oxygens (including phenoxy) is 2. The van der Waals surface area contributed by atoms with E-state index in [2.05, 4.69) is 10.2 Å². The molecule has 0 radical (unpaired) electrons. The van der Waals surface area contributed by atoms with Crippen LogP contribution in [0.4, 0.5) is 4.79 Å². The molecule has 0 unspecified atom stereocenters. The number of methoxy groups -OCH3 is 1. The molecule has 0 aromatic rings. The first-order chi connectivity index (χ1) is 10.3. The van der Waals surface area contributed by atoms with E-state index in [4.69, 9.17) is 9.47 Å². The molecule has 0 aliphatic carbocycles. The minimum Gasteiger partial charge on any atom is -0.444 e. The van der Waals surface area contributed by atoms with Crippen LogP contribution in [-0.4, -0.2) is 81.0 Å². The highest BCUT2D eigenvalue weighted by molar-refractivity contribution is 5.67. The smallest absolute Gasteiger partial charge is 0.410 e. The Morgan fingerprint density at radius 1 is 1.32 bits per heavy atom. The Hall–Kier alpha value is -0.850. The average molecular weight is 315 g/mol. The third kappa shape index (κ3) is 7.96. The van der Waals surface area contributed by atoms with E-state index < -0.39 is 5.60 Å². The van der Waals surface area contributed by atoms with E-state index in [1.54, 1.807) is 19.1 Å². The number of carbonyl (C=O) groups excluding carboxylic acids is 1. The van der Waals surface area contributed by atoms with Crippen molar-refractivity contribution in [2.75, 3.05) is 53.5 Å². The summed E-state index contributed by atoms with van der Waals surface area (Å²) in [5.74, 6) is 0. The Balaban J connectivity index is 2.13. The molecule has 0 spiro atoms. The van der Waals surface area contributed by atoms with Gasteiger partial charge in [-0.25, -0.2) is 4.79 Å². The molecule has 0 saturated carbocycles. The zero-order valence-corrected chi connectivity index (χ0v) is 14.9. The van der Waals surface area contributed by atoms with Gasteiger partial charge in [-0.3, -0.25) is 0 Å². The van der Waals surface area contributed by atoms with E-state index >= 15 is 0 Å². The molecule has 1 N–H and O–H groups in total. The van der Waals surface area contributed by atoms with Gasteiger partial charge in [-0.05, 0) is 46.7 Å². The Labute approximate surface area is 135 Å². The molecule has 0 aromatic heterocycles. The summed E-state index contributed by atoms with van der Waals surface area (Å²) in [5, 5.41) is 3.54. The van der Waals surface area contributed by atoms with Crippen molar-refractivity contribution < 1.29 is 14.3 Å². The van der Waals surface area contributed by atoms with Crippen LogP contribution in [0.3, 0.4) is 0 Å². The summed E-state index contributed by atoms with van der Waals surface area (Å²) >= 11 is 0. The molecular weight excluding hydrogens is 282 g/mol. The van der Waals surface area contributed by atoms with Gasteiger partial charge in [0.05, 0.1) is 6.61 Å². The predicted octanol–water partition coefficient (Wildman–Crippen LogP) is 1.55. The molecule has 22 heavy (non-hydrogen) atoms. The summed E-state index contributed by atoms with van der Waals surface area (Å²) in [6.45, 7) is 11.2. The number of carbonyl (C=O) groups is 1. The summed E-state index contributed by atoms with van der Waals surface area (Å²) in [4.78, 5) is 15.9. The fourth-order valence-electron chi connectivity index (χ4n) is 2.45. The first-order valence-electron chi connectivity index (χ1n) is 8.20. The molecule has 1 amide bonds. The molecule has 1 fully saturated rings. The SMILES string of the molecule is COCCN1CCC(NCCN(C)C(=O)OC(C)(C)C)CC1. The van der Waals surface area contributed by atoms with Gasteiger partial charge in [-0.2, -0.15) is 0 Å². The summed E-state index contributed by atoms with van der Waals surface area (Å²) < 4.78 is 10.4. The third-order valence-corrected chi connectivity index (χ3v) is 3.78. The third-order valence-electron chi connectivity index (χ3n) is 3.78. The fourth-order valence-corrected chi connectivity index (χ4v) is 2.45. The lowest BCUT2D eigenvalue weighted by Gasteiger charge is -2.32. The zero-order chi connectivity index (χ0) is 16.6. The number of likely N-dealkylation sites (N-methyl/N-ethyl adjacent to an activating group) is 1. The van der Waals surface area contributed by atoms with Gasteiger partial charge < -0.3 is 24.6 Å². The summed E-state index contributed by atoms with van der Waals surface area (Å²) in [6.07, 6.45) is 2.04. The summed E-state index contributed by atoms with van der Waals surface area (Å²) in [6, 6.07) is 0.547. The number of hydrogen-bond donors (Lipinski definition) is 1. The maximum absolute atomic E-state index is 11.8. The lowest BCUT2D eigenvalue weighted by atomic mass is 10.1. The van der Waals surface area contributed by atoms with Crippen LogP contribution in [0.1, 0.15) is 33.6 Å². The molecule has 1 rings (SSSR count). The van der Waals surface area contributed by atoms with Crippen molar-refractivity contribution in [3.05, 3.63) is 0 Å². The Kier molecular flexibility index (Phi) is 8.14. The van der Waals surface area contributed by atoms with Crippen molar-refractivity contribution in [2.45, 2.75) is 45.3 Å². The topological polar surface area (TPSA) is 54.0 Å². The van der Waals surface area contributed by atoms with Crippen LogP contribution in [0.15, 0.2) is 0 Å². The molecule has 0 atom stereocenters. The van der Waals surface area contributed by atoms with E-state index in [9.17, 15) is 4.79 Å². The summed E-state index contributed by atoms with van der Waals surface area (Å²) in [7, 11) is 3.53. The van der Waals surface area contributed by atoms with Gasteiger partial charge in [0.1, 0.15) is 5.60 Å². The lowest BCUT2D eigenvalue weighted by Crippen LogP contribution is -2.45. The van der Waals surface area contributed by atoms with Crippen molar-refractivity contribution in [2.24, 2.45) is 0 Å². The van der Waals surface area contributed by atoms with Crippen LogP contribution in [0.5, 0.6) is 0 Å². The molecule has 6 nitrogen and oxygen atoms in total. The van der Waals surface area contributed by atoms with Gasteiger partial charge in [0.25, 0.3) is 0 Å². The Bertz CT molecular complexity index is 323. The zero-order valence-electron chi connectivity index (χ0n) is 14.9. The van der Waals surface area contributed by atoms with Gasteiger partial charge in [0.2, 0.25) is 0 Å². The standard InChI is InChI=1S/C16H33N3O3/c1-16(2,3)22-15(20)18(4)11-8-17-14-6-9-19(10-7-14)12-13-21-5/h14,17H,6-13H2,1-5H3. The minimum absolute atomic E-state index is 0.260. The quantitative estimate of drug-likeness (QED) is 0.772. The van der Waals surface area contributed by atoms with Gasteiger partial charge in [-0.1, -0.05) is 0 Å². The molecule has 6 heteroatoms. The molecule has 1 saturated heterocycles. The maximum atomic E-state index is 11.8. The van der Waals surface area contributed by atoms with Crippen molar-refractivity contribution in [1.29, 1.82) is 0 Å². The highest BCUT2D eigenvalue weighted by Gasteiger charge is 2.21. The molecule has 1 aliphatic heterocycles. The number of nitrogens with one attached hydrogen (secondary N) is 1. The van der Waals surface area contributed by atoms with E-state index in [0.29, 0.717) is 12.6 Å². The van der Waals surface area contributed by atoms with E-state index in [1.165, 1.54) is 0 Å². The summed E-state index contributed by atoms with van der Waals surface area (Å²) in [5.41, 5.74) is -0.437. The lowest BCUT2D eigenvalue weighted by molar-refractivity contribution is 0.0298. The van der Waals surface area contributed by atoms with E-state index in [1.807, 2.05) is 20.8 Å². The molecule has 1 aliphatic rings. The molecule has 0 aromatic carbocycles. The normalized spacial score (nSPS) is 17.5. The monoisotopic (exact) mass is 315 g/mol. The van der Waals surface area contributed by atoms with Crippen LogP contribution in [0, 0.1) is 0 Å². The van der Waals surface area contributed by atoms with E-state index in [-0.39, 0.29) is 6.09 Å². The Morgan fingerprint density at radius 3 is 2.50 bits per heavy atom. The van der Waals surface area contributed by atoms with Gasteiger partial charge in [-0.15, -0.1) is 0 Å². The van der Waals surface area contributed by atoms with Crippen LogP contribution >= 0.6 is 0 Å². The van der Waals surface area contributed by atoms with Crippen LogP contribution in [-0.2, 0) is 9.47 Å². The number of hydrogen-bond acceptors (Lipinski definition) is 5. The fraction of sp³-hybridized carbons (Fsp3) is 0.938. The highest BCUT2D eigenvalue weighted by atomic mass is 16.6. The maximum Gasteiger partial charge on any atom is 0.410 e. The van der Waals surface area contributed by atoms with Gasteiger partial charge in [0.15, 0.2) is 0 Å². The van der Waals surface area contributed by atoms with Gasteiger partial charge in [0, 0.05) is 39.8 Å². The second-order valence-electron chi connectivity index (χ2n) is 6.96. The highest BCUT2D eigenvalue weighted by Crippen LogP contribution is 2.10. The second-order valence-corrected chi connectivity index (χ2v) is 6.96. The van der Waals surface area contributed by atoms with Crippen molar-refractivity contribution in [1.82, 2.24) is 15.1 Å². The number of likely N-dealkylation sites (tertiary alicyclic amines) is 1. The van der Waals surface area contributed by atoms with Crippen molar-refractivity contribution >= 4 is 6.09 Å². The molecule has 1 heterocycles. The van der Waals surface area contributed by atoms with Crippen molar-refractivity contribution in [3.63, 3.8) is 0 Å². The minimum atomic E-state index is -0.437.